The van der Waals surface area contributed by atoms with E-state index in [1.165, 1.54) is 0 Å². The highest BCUT2D eigenvalue weighted by molar-refractivity contribution is 5.53. The Kier molecular flexibility index (Phi) is 2.52. The number of aliphatic hydroxyl groups excluding tert-OH is 1. The van der Waals surface area contributed by atoms with Crippen LogP contribution in [0.25, 0.3) is 0 Å². The molecule has 0 atom stereocenters. The fourth-order valence-corrected chi connectivity index (χ4v) is 1.50. The van der Waals surface area contributed by atoms with Gasteiger partial charge in [0.25, 0.3) is 0 Å². The van der Waals surface area contributed by atoms with E-state index in [0.29, 0.717) is 12.8 Å². The number of halogens is 2. The molecule has 1 aromatic carbocycles. The first kappa shape index (κ1) is 10.8. The summed E-state index contributed by atoms with van der Waals surface area (Å²) < 4.78 is 26.9. The average Bonchev–Trinajstić information content (AvgIpc) is 3.04. The maximum atomic E-state index is 13.5. The lowest BCUT2D eigenvalue weighted by atomic mass is 10.1. The van der Waals surface area contributed by atoms with Crippen molar-refractivity contribution < 1.29 is 13.9 Å². The predicted octanol–water partition coefficient (Wildman–Crippen LogP) is 1.77. The van der Waals surface area contributed by atoms with E-state index in [1.807, 2.05) is 0 Å². The van der Waals surface area contributed by atoms with Crippen LogP contribution in [0.5, 0.6) is 0 Å². The van der Waals surface area contributed by atoms with Crippen LogP contribution < -0.4 is 5.32 Å². The van der Waals surface area contributed by atoms with Gasteiger partial charge in [-0.2, -0.15) is 5.26 Å². The normalized spacial score (nSPS) is 16.6. The summed E-state index contributed by atoms with van der Waals surface area (Å²) in [6.07, 6.45) is 1.37. The third-order valence-corrected chi connectivity index (χ3v) is 2.72. The first-order chi connectivity index (χ1) is 7.60. The van der Waals surface area contributed by atoms with Gasteiger partial charge < -0.3 is 10.4 Å². The van der Waals surface area contributed by atoms with Gasteiger partial charge in [0.2, 0.25) is 0 Å². The largest absolute Gasteiger partial charge is 0.394 e. The number of benzene rings is 1. The minimum absolute atomic E-state index is 0.0607. The van der Waals surface area contributed by atoms with Crippen LogP contribution in [0.1, 0.15) is 18.4 Å². The van der Waals surface area contributed by atoms with Crippen molar-refractivity contribution in [3.63, 3.8) is 0 Å². The fraction of sp³-hybridized carbons (Fsp3) is 0.364. The summed E-state index contributed by atoms with van der Waals surface area (Å²) in [4.78, 5) is 0. The highest BCUT2D eigenvalue weighted by Gasteiger charge is 2.43. The van der Waals surface area contributed by atoms with Crippen LogP contribution in [-0.2, 0) is 0 Å². The zero-order valence-electron chi connectivity index (χ0n) is 8.43. The van der Waals surface area contributed by atoms with Crippen LogP contribution in [0.2, 0.25) is 0 Å². The maximum absolute atomic E-state index is 13.5. The van der Waals surface area contributed by atoms with E-state index in [1.54, 1.807) is 6.07 Å². The van der Waals surface area contributed by atoms with Gasteiger partial charge in [0.1, 0.15) is 5.69 Å². The van der Waals surface area contributed by atoms with E-state index >= 15 is 0 Å². The third kappa shape index (κ3) is 1.84. The van der Waals surface area contributed by atoms with Gasteiger partial charge in [-0.3, -0.25) is 0 Å². The van der Waals surface area contributed by atoms with Gasteiger partial charge >= 0.3 is 0 Å². The molecule has 2 N–H and O–H groups in total. The molecule has 3 nitrogen and oxygen atoms in total. The summed E-state index contributed by atoms with van der Waals surface area (Å²) in [6.45, 7) is -0.161. The Hall–Kier alpha value is -1.67. The van der Waals surface area contributed by atoms with E-state index in [0.717, 1.165) is 12.1 Å². The number of hydrogen-bond donors (Lipinski definition) is 2. The molecule has 5 heteroatoms. The molecule has 84 valence electrons. The van der Waals surface area contributed by atoms with E-state index < -0.39 is 17.2 Å². The molecule has 0 spiro atoms. The monoisotopic (exact) mass is 224 g/mol. The van der Waals surface area contributed by atoms with Gasteiger partial charge in [-0.15, -0.1) is 0 Å². The number of nitrogens with zero attached hydrogens (tertiary/aromatic N) is 1. The minimum atomic E-state index is -0.809. The fourth-order valence-electron chi connectivity index (χ4n) is 1.50. The van der Waals surface area contributed by atoms with Crippen LogP contribution in [0, 0.1) is 23.0 Å². The zero-order chi connectivity index (χ0) is 11.8. The number of hydrogen-bond acceptors (Lipinski definition) is 3. The van der Waals surface area contributed by atoms with Gasteiger partial charge in [-0.05, 0) is 25.0 Å². The minimum Gasteiger partial charge on any atom is -0.394 e. The van der Waals surface area contributed by atoms with E-state index in [-0.39, 0.29) is 17.9 Å². The molecular formula is C11H10F2N2O. The molecule has 0 heterocycles. The standard InChI is InChI=1S/C11H10F2N2O/c12-8-3-7(5-14)4-9(13)10(8)15-11(6-16)1-2-11/h3-4,15-16H,1-2,6H2. The van der Waals surface area contributed by atoms with Crippen molar-refractivity contribution in [2.45, 2.75) is 18.4 Å². The maximum Gasteiger partial charge on any atom is 0.150 e. The topological polar surface area (TPSA) is 56.0 Å². The molecule has 0 bridgehead atoms. The van der Waals surface area contributed by atoms with Crippen LogP contribution in [0.15, 0.2) is 12.1 Å². The Labute approximate surface area is 91.3 Å². The lowest BCUT2D eigenvalue weighted by molar-refractivity contribution is 0.265. The average molecular weight is 224 g/mol. The molecular weight excluding hydrogens is 214 g/mol. The lowest BCUT2D eigenvalue weighted by Crippen LogP contribution is -2.26. The first-order valence-electron chi connectivity index (χ1n) is 4.88. The summed E-state index contributed by atoms with van der Waals surface area (Å²) in [7, 11) is 0. The molecule has 0 aliphatic heterocycles. The summed E-state index contributed by atoms with van der Waals surface area (Å²) in [5.74, 6) is -1.62. The van der Waals surface area contributed by atoms with E-state index in [9.17, 15) is 8.78 Å². The second kappa shape index (κ2) is 3.72. The number of aliphatic hydroxyl groups is 1. The van der Waals surface area contributed by atoms with E-state index in [2.05, 4.69) is 5.32 Å². The molecule has 0 saturated heterocycles. The number of rotatable bonds is 3. The molecule has 2 rings (SSSR count). The number of nitrogens with one attached hydrogen (secondary N) is 1. The Morgan fingerprint density at radius 1 is 1.38 bits per heavy atom. The van der Waals surface area contributed by atoms with Crippen LogP contribution in [0.3, 0.4) is 0 Å². The molecule has 1 saturated carbocycles. The van der Waals surface area contributed by atoms with Crippen molar-refractivity contribution in [3.05, 3.63) is 29.3 Å². The van der Waals surface area contributed by atoms with Gasteiger partial charge in [-0.1, -0.05) is 0 Å². The SMILES string of the molecule is N#Cc1cc(F)c(NC2(CO)CC2)c(F)c1. The summed E-state index contributed by atoms with van der Waals surface area (Å²) in [5, 5.41) is 20.2. The van der Waals surface area contributed by atoms with Crippen molar-refractivity contribution in [2.75, 3.05) is 11.9 Å². The Balaban J connectivity index is 2.31. The van der Waals surface area contributed by atoms with Gasteiger partial charge in [-0.25, -0.2) is 8.78 Å². The molecule has 0 amide bonds. The van der Waals surface area contributed by atoms with Crippen LogP contribution >= 0.6 is 0 Å². The molecule has 1 aliphatic carbocycles. The van der Waals surface area contributed by atoms with Crippen molar-refractivity contribution >= 4 is 5.69 Å². The van der Waals surface area contributed by atoms with Gasteiger partial charge in [0.05, 0.1) is 23.8 Å². The van der Waals surface area contributed by atoms with E-state index in [4.69, 9.17) is 10.4 Å². The lowest BCUT2D eigenvalue weighted by Gasteiger charge is -2.17. The molecule has 1 fully saturated rings. The van der Waals surface area contributed by atoms with Crippen molar-refractivity contribution in [2.24, 2.45) is 0 Å². The molecule has 16 heavy (non-hydrogen) atoms. The number of anilines is 1. The van der Waals surface area contributed by atoms with Gasteiger partial charge in [0.15, 0.2) is 11.6 Å². The van der Waals surface area contributed by atoms with Crippen molar-refractivity contribution in [1.29, 1.82) is 5.26 Å². The Bertz CT molecular complexity index is 441. The zero-order valence-corrected chi connectivity index (χ0v) is 8.43. The summed E-state index contributed by atoms with van der Waals surface area (Å²) in [5.41, 5.74) is -0.921. The Morgan fingerprint density at radius 3 is 2.31 bits per heavy atom. The Morgan fingerprint density at radius 2 is 1.94 bits per heavy atom. The quantitative estimate of drug-likeness (QED) is 0.822. The third-order valence-electron chi connectivity index (χ3n) is 2.72. The molecule has 0 unspecified atom stereocenters. The van der Waals surface area contributed by atoms with Crippen molar-refractivity contribution in [1.82, 2.24) is 0 Å². The summed E-state index contributed by atoms with van der Waals surface area (Å²) >= 11 is 0. The second-order valence-electron chi connectivity index (χ2n) is 3.99. The molecule has 0 aromatic heterocycles. The molecule has 0 radical (unpaired) electrons. The van der Waals surface area contributed by atoms with Crippen LogP contribution in [0.4, 0.5) is 14.5 Å². The second-order valence-corrected chi connectivity index (χ2v) is 3.99. The summed E-state index contributed by atoms with van der Waals surface area (Å²) in [6, 6.07) is 3.61. The molecule has 1 aromatic rings. The number of nitriles is 1. The molecule has 1 aliphatic rings. The smallest absolute Gasteiger partial charge is 0.150 e. The highest BCUT2D eigenvalue weighted by Crippen LogP contribution is 2.39. The van der Waals surface area contributed by atoms with Crippen LogP contribution in [-0.4, -0.2) is 17.3 Å². The van der Waals surface area contributed by atoms with Crippen molar-refractivity contribution in [3.8, 4) is 6.07 Å². The first-order valence-corrected chi connectivity index (χ1v) is 4.88. The highest BCUT2D eigenvalue weighted by atomic mass is 19.1. The van der Waals surface area contributed by atoms with Gasteiger partial charge in [0, 0.05) is 0 Å². The predicted molar refractivity (Wildman–Crippen MR) is 53.7 cm³/mol.